The summed E-state index contributed by atoms with van der Waals surface area (Å²) in [6, 6.07) is 11.6. The summed E-state index contributed by atoms with van der Waals surface area (Å²) in [7, 11) is 0. The SMILES string of the molecule is O=C(N/N=C/c1c(F)c(F)c(F)c(F)c1F)c1cc(-c2ccncc2)nc2ccccc12. The van der Waals surface area contributed by atoms with Crippen molar-refractivity contribution in [2.24, 2.45) is 5.10 Å². The van der Waals surface area contributed by atoms with E-state index in [1.807, 2.05) is 5.43 Å². The van der Waals surface area contributed by atoms with E-state index in [9.17, 15) is 26.7 Å². The summed E-state index contributed by atoms with van der Waals surface area (Å²) < 4.78 is 67.3. The van der Waals surface area contributed by atoms with Gasteiger partial charge in [0.1, 0.15) is 0 Å². The number of fused-ring (bicyclic) bond motifs is 1. The van der Waals surface area contributed by atoms with Gasteiger partial charge >= 0.3 is 0 Å². The number of aromatic nitrogens is 2. The normalized spacial score (nSPS) is 11.3. The molecule has 2 aromatic heterocycles. The molecule has 0 spiro atoms. The number of benzene rings is 2. The van der Waals surface area contributed by atoms with Gasteiger partial charge in [0.15, 0.2) is 23.3 Å². The van der Waals surface area contributed by atoms with Crippen LogP contribution in [0.1, 0.15) is 15.9 Å². The highest BCUT2D eigenvalue weighted by Gasteiger charge is 2.24. The summed E-state index contributed by atoms with van der Waals surface area (Å²) in [6.45, 7) is 0. The van der Waals surface area contributed by atoms with Gasteiger partial charge in [-0.25, -0.2) is 32.4 Å². The van der Waals surface area contributed by atoms with Crippen molar-refractivity contribution in [2.45, 2.75) is 0 Å². The van der Waals surface area contributed by atoms with Gasteiger partial charge in [-0.05, 0) is 24.3 Å². The Morgan fingerprint density at radius 1 is 0.875 bits per heavy atom. The fourth-order valence-corrected chi connectivity index (χ4v) is 2.98. The lowest BCUT2D eigenvalue weighted by atomic mass is 10.0. The maximum Gasteiger partial charge on any atom is 0.272 e. The number of hydrogen-bond donors (Lipinski definition) is 1. The van der Waals surface area contributed by atoms with E-state index in [4.69, 9.17) is 0 Å². The van der Waals surface area contributed by atoms with Crippen molar-refractivity contribution in [3.63, 3.8) is 0 Å². The summed E-state index contributed by atoms with van der Waals surface area (Å²) >= 11 is 0. The van der Waals surface area contributed by atoms with Gasteiger partial charge in [0.05, 0.1) is 28.6 Å². The molecule has 5 nitrogen and oxygen atoms in total. The molecule has 0 saturated carbocycles. The van der Waals surface area contributed by atoms with Gasteiger partial charge in [-0.1, -0.05) is 18.2 Å². The Morgan fingerprint density at radius 3 is 2.19 bits per heavy atom. The number of pyridine rings is 2. The van der Waals surface area contributed by atoms with Crippen LogP contribution in [0.15, 0.2) is 60.0 Å². The van der Waals surface area contributed by atoms with Crippen molar-refractivity contribution in [3.05, 3.63) is 95.1 Å². The molecule has 0 aliphatic heterocycles. The number of amides is 1. The summed E-state index contributed by atoms with van der Waals surface area (Å²) in [6.07, 6.45) is 3.46. The van der Waals surface area contributed by atoms with Crippen LogP contribution in [-0.4, -0.2) is 22.1 Å². The molecular formula is C22H11F5N4O. The Kier molecular flexibility index (Phi) is 5.59. The molecule has 1 N–H and O–H groups in total. The Morgan fingerprint density at radius 2 is 1.50 bits per heavy atom. The summed E-state index contributed by atoms with van der Waals surface area (Å²) in [5.74, 6) is -11.4. The van der Waals surface area contributed by atoms with Gasteiger partial charge in [-0.3, -0.25) is 9.78 Å². The zero-order valence-electron chi connectivity index (χ0n) is 15.9. The smallest absolute Gasteiger partial charge is 0.267 e. The number of para-hydroxylation sites is 1. The molecule has 0 unspecified atom stereocenters. The van der Waals surface area contributed by atoms with Crippen LogP contribution in [0.3, 0.4) is 0 Å². The number of nitrogens with one attached hydrogen (secondary N) is 1. The van der Waals surface area contributed by atoms with Crippen LogP contribution in [0.4, 0.5) is 22.0 Å². The Balaban J connectivity index is 1.70. The first-order valence-corrected chi connectivity index (χ1v) is 9.03. The minimum absolute atomic E-state index is 0.136. The van der Waals surface area contributed by atoms with Crippen molar-refractivity contribution < 1.29 is 26.7 Å². The molecular weight excluding hydrogens is 431 g/mol. The Labute approximate surface area is 177 Å². The van der Waals surface area contributed by atoms with Crippen molar-refractivity contribution in [2.75, 3.05) is 0 Å². The summed E-state index contributed by atoms with van der Waals surface area (Å²) in [5, 5.41) is 3.84. The van der Waals surface area contributed by atoms with Gasteiger partial charge in [0, 0.05) is 23.3 Å². The van der Waals surface area contributed by atoms with E-state index in [2.05, 4.69) is 15.1 Å². The molecule has 0 aliphatic rings. The first-order chi connectivity index (χ1) is 15.4. The van der Waals surface area contributed by atoms with E-state index >= 15 is 0 Å². The fraction of sp³-hybridized carbons (Fsp3) is 0. The van der Waals surface area contributed by atoms with Crippen LogP contribution in [0.25, 0.3) is 22.2 Å². The molecule has 0 aliphatic carbocycles. The third-order valence-electron chi connectivity index (χ3n) is 4.54. The second-order valence-electron chi connectivity index (χ2n) is 6.49. The van der Waals surface area contributed by atoms with E-state index in [1.165, 1.54) is 6.07 Å². The van der Waals surface area contributed by atoms with Crippen molar-refractivity contribution in [1.29, 1.82) is 0 Å². The van der Waals surface area contributed by atoms with Crippen LogP contribution >= 0.6 is 0 Å². The topological polar surface area (TPSA) is 67.2 Å². The van der Waals surface area contributed by atoms with Crippen LogP contribution in [0.2, 0.25) is 0 Å². The van der Waals surface area contributed by atoms with Crippen molar-refractivity contribution >= 4 is 23.0 Å². The molecule has 0 bridgehead atoms. The van der Waals surface area contributed by atoms with Crippen molar-refractivity contribution in [3.8, 4) is 11.3 Å². The highest BCUT2D eigenvalue weighted by molar-refractivity contribution is 6.07. The second kappa shape index (κ2) is 8.50. The first kappa shape index (κ1) is 21.0. The molecule has 4 rings (SSSR count). The van der Waals surface area contributed by atoms with Gasteiger partial charge in [-0.2, -0.15) is 5.10 Å². The molecule has 1 amide bonds. The standard InChI is InChI=1S/C22H11F5N4O/c23-17-14(18(24)20(26)21(27)19(17)25)10-29-31-22(32)13-9-16(11-5-7-28-8-6-11)30-15-4-2-1-3-12(13)15/h1-10H,(H,31,32)/b29-10+. The third-order valence-corrected chi connectivity index (χ3v) is 4.54. The maximum atomic E-state index is 13.8. The molecule has 2 heterocycles. The predicted octanol–water partition coefficient (Wildman–Crippen LogP) is 4.76. The highest BCUT2D eigenvalue weighted by Crippen LogP contribution is 2.25. The molecule has 32 heavy (non-hydrogen) atoms. The van der Waals surface area contributed by atoms with Gasteiger partial charge < -0.3 is 0 Å². The maximum absolute atomic E-state index is 13.8. The number of carbonyl (C=O) groups is 1. The summed E-state index contributed by atoms with van der Waals surface area (Å²) in [5.41, 5.74) is 2.54. The number of hydrogen-bond acceptors (Lipinski definition) is 4. The molecule has 0 radical (unpaired) electrons. The van der Waals surface area contributed by atoms with Gasteiger partial charge in [0.25, 0.3) is 5.91 Å². The van der Waals surface area contributed by atoms with Gasteiger partial charge in [0.2, 0.25) is 5.82 Å². The number of halogens is 5. The first-order valence-electron chi connectivity index (χ1n) is 9.03. The Bertz CT molecular complexity index is 1350. The predicted molar refractivity (Wildman–Crippen MR) is 106 cm³/mol. The molecule has 160 valence electrons. The van der Waals surface area contributed by atoms with E-state index < -0.39 is 40.6 Å². The quantitative estimate of drug-likeness (QED) is 0.163. The lowest BCUT2D eigenvalue weighted by Crippen LogP contribution is -2.19. The van der Waals surface area contributed by atoms with Crippen LogP contribution in [0, 0.1) is 29.1 Å². The second-order valence-corrected chi connectivity index (χ2v) is 6.49. The lowest BCUT2D eigenvalue weighted by Gasteiger charge is -2.09. The number of carbonyl (C=O) groups excluding carboxylic acids is 1. The van der Waals surface area contributed by atoms with E-state index in [0.717, 1.165) is 0 Å². The van der Waals surface area contributed by atoms with Crippen LogP contribution in [0.5, 0.6) is 0 Å². The lowest BCUT2D eigenvalue weighted by molar-refractivity contribution is 0.0956. The van der Waals surface area contributed by atoms with E-state index in [1.54, 1.807) is 48.8 Å². The van der Waals surface area contributed by atoms with Crippen molar-refractivity contribution in [1.82, 2.24) is 15.4 Å². The summed E-state index contributed by atoms with van der Waals surface area (Å²) in [4.78, 5) is 21.2. The molecule has 0 atom stereocenters. The zero-order chi connectivity index (χ0) is 22.8. The largest absolute Gasteiger partial charge is 0.272 e. The highest BCUT2D eigenvalue weighted by atomic mass is 19.2. The number of rotatable bonds is 4. The zero-order valence-corrected chi connectivity index (χ0v) is 15.9. The molecule has 2 aromatic carbocycles. The fourth-order valence-electron chi connectivity index (χ4n) is 2.98. The molecule has 0 saturated heterocycles. The molecule has 10 heteroatoms. The van der Waals surface area contributed by atoms with Crippen LogP contribution < -0.4 is 5.43 Å². The number of nitrogens with zero attached hydrogens (tertiary/aromatic N) is 3. The number of hydrazone groups is 1. The van der Waals surface area contributed by atoms with Gasteiger partial charge in [-0.15, -0.1) is 0 Å². The third kappa shape index (κ3) is 3.78. The van der Waals surface area contributed by atoms with Crippen LogP contribution in [-0.2, 0) is 0 Å². The Hall–Kier alpha value is -4.21. The minimum Gasteiger partial charge on any atom is -0.267 e. The minimum atomic E-state index is -2.28. The van der Waals surface area contributed by atoms with E-state index in [-0.39, 0.29) is 5.56 Å². The average molecular weight is 442 g/mol. The average Bonchev–Trinajstić information content (AvgIpc) is 2.83. The molecule has 4 aromatic rings. The monoisotopic (exact) mass is 442 g/mol. The molecule has 0 fully saturated rings. The van der Waals surface area contributed by atoms with E-state index in [0.29, 0.717) is 28.4 Å².